The van der Waals surface area contributed by atoms with Crippen molar-refractivity contribution < 1.29 is 26.4 Å². The van der Waals surface area contributed by atoms with Crippen molar-refractivity contribution >= 4 is 15.9 Å². The average molecular weight is 392 g/mol. The Morgan fingerprint density at radius 1 is 1.27 bits per heavy atom. The lowest BCUT2D eigenvalue weighted by molar-refractivity contribution is -0.137. The topological polar surface area (TPSA) is 66.5 Å². The molecule has 2 rings (SSSR count). The van der Waals surface area contributed by atoms with Crippen LogP contribution in [0.25, 0.3) is 0 Å². The SMILES string of the molecule is CCC(C)NC(=O)C1CCCCN1S(=O)(=O)c1ccc(C(F)(F)F)cc1. The number of alkyl halides is 3. The summed E-state index contributed by atoms with van der Waals surface area (Å²) >= 11 is 0. The molecular formula is C17H23F3N2O3S. The molecule has 2 unspecified atom stereocenters. The van der Waals surface area contributed by atoms with Gasteiger partial charge in [-0.2, -0.15) is 17.5 Å². The molecule has 1 amide bonds. The second-order valence-corrected chi connectivity index (χ2v) is 8.36. The monoisotopic (exact) mass is 392 g/mol. The van der Waals surface area contributed by atoms with Gasteiger partial charge in [-0.1, -0.05) is 13.3 Å². The molecule has 1 saturated heterocycles. The third-order valence-corrected chi connectivity index (χ3v) is 6.47. The first kappa shape index (κ1) is 20.7. The number of nitrogens with one attached hydrogen (secondary N) is 1. The fourth-order valence-corrected chi connectivity index (χ4v) is 4.50. The lowest BCUT2D eigenvalue weighted by Crippen LogP contribution is -2.53. The number of amides is 1. The van der Waals surface area contributed by atoms with E-state index in [-0.39, 0.29) is 23.4 Å². The van der Waals surface area contributed by atoms with Crippen LogP contribution in [0.2, 0.25) is 0 Å². The number of nitrogens with zero attached hydrogens (tertiary/aromatic N) is 1. The molecule has 1 N–H and O–H groups in total. The highest BCUT2D eigenvalue weighted by molar-refractivity contribution is 7.89. The third-order valence-electron chi connectivity index (χ3n) is 4.55. The molecule has 0 aliphatic carbocycles. The van der Waals surface area contributed by atoms with Gasteiger partial charge in [-0.05, 0) is 50.5 Å². The number of hydrogen-bond acceptors (Lipinski definition) is 3. The Morgan fingerprint density at radius 2 is 1.88 bits per heavy atom. The first-order valence-corrected chi connectivity index (χ1v) is 10.0. The van der Waals surface area contributed by atoms with E-state index in [1.165, 1.54) is 0 Å². The highest BCUT2D eigenvalue weighted by Gasteiger charge is 2.38. The van der Waals surface area contributed by atoms with Crippen molar-refractivity contribution in [2.24, 2.45) is 0 Å². The van der Waals surface area contributed by atoms with E-state index in [0.717, 1.165) is 35.0 Å². The summed E-state index contributed by atoms with van der Waals surface area (Å²) in [6.45, 7) is 3.90. The Labute approximate surface area is 151 Å². The number of piperidine rings is 1. The Bertz CT molecular complexity index is 733. The third kappa shape index (κ3) is 4.56. The van der Waals surface area contributed by atoms with Gasteiger partial charge in [-0.25, -0.2) is 8.42 Å². The summed E-state index contributed by atoms with van der Waals surface area (Å²) in [6, 6.07) is 2.44. The van der Waals surface area contributed by atoms with Crippen molar-refractivity contribution in [3.05, 3.63) is 29.8 Å². The minimum absolute atomic E-state index is 0.0833. The van der Waals surface area contributed by atoms with Crippen LogP contribution in [-0.4, -0.2) is 37.3 Å². The summed E-state index contributed by atoms with van der Waals surface area (Å²) in [5, 5.41) is 2.79. The highest BCUT2D eigenvalue weighted by atomic mass is 32.2. The zero-order valence-electron chi connectivity index (χ0n) is 14.7. The first-order valence-electron chi connectivity index (χ1n) is 8.57. The van der Waals surface area contributed by atoms with Crippen LogP contribution in [0.15, 0.2) is 29.2 Å². The molecule has 5 nitrogen and oxygen atoms in total. The van der Waals surface area contributed by atoms with Crippen LogP contribution >= 0.6 is 0 Å². The molecule has 1 aliphatic rings. The minimum atomic E-state index is -4.54. The van der Waals surface area contributed by atoms with Crippen molar-refractivity contribution in [2.75, 3.05) is 6.54 Å². The number of sulfonamides is 1. The number of benzene rings is 1. The molecule has 2 atom stereocenters. The van der Waals surface area contributed by atoms with Gasteiger partial charge in [0.1, 0.15) is 6.04 Å². The van der Waals surface area contributed by atoms with E-state index in [0.29, 0.717) is 19.3 Å². The van der Waals surface area contributed by atoms with Gasteiger partial charge in [0.25, 0.3) is 0 Å². The van der Waals surface area contributed by atoms with E-state index in [4.69, 9.17) is 0 Å². The van der Waals surface area contributed by atoms with E-state index >= 15 is 0 Å². The van der Waals surface area contributed by atoms with Gasteiger partial charge in [0.15, 0.2) is 0 Å². The van der Waals surface area contributed by atoms with Crippen molar-refractivity contribution in [3.8, 4) is 0 Å². The van der Waals surface area contributed by atoms with Gasteiger partial charge in [0.05, 0.1) is 10.5 Å². The maximum absolute atomic E-state index is 12.9. The molecule has 1 aromatic rings. The fourth-order valence-electron chi connectivity index (χ4n) is 2.85. The molecule has 26 heavy (non-hydrogen) atoms. The maximum atomic E-state index is 12.9. The second-order valence-electron chi connectivity index (χ2n) is 6.47. The normalized spacial score (nSPS) is 20.6. The maximum Gasteiger partial charge on any atom is 0.416 e. The predicted octanol–water partition coefficient (Wildman–Crippen LogP) is 3.16. The average Bonchev–Trinajstić information content (AvgIpc) is 2.61. The highest BCUT2D eigenvalue weighted by Crippen LogP contribution is 2.31. The number of halogens is 3. The Hall–Kier alpha value is -1.61. The molecule has 0 radical (unpaired) electrons. The van der Waals surface area contributed by atoms with E-state index in [2.05, 4.69) is 5.32 Å². The van der Waals surface area contributed by atoms with E-state index in [1.54, 1.807) is 0 Å². The molecule has 1 heterocycles. The van der Waals surface area contributed by atoms with Crippen LogP contribution in [0.1, 0.15) is 45.1 Å². The zero-order valence-corrected chi connectivity index (χ0v) is 15.5. The van der Waals surface area contributed by atoms with Crippen LogP contribution in [0.5, 0.6) is 0 Å². The fraction of sp³-hybridized carbons (Fsp3) is 0.588. The molecule has 1 aliphatic heterocycles. The molecule has 1 aromatic carbocycles. The van der Waals surface area contributed by atoms with Gasteiger partial charge in [0.2, 0.25) is 15.9 Å². The molecule has 1 fully saturated rings. The summed E-state index contributed by atoms with van der Waals surface area (Å²) in [6.07, 6.45) is -2.11. The molecule has 9 heteroatoms. The van der Waals surface area contributed by atoms with Gasteiger partial charge in [-0.15, -0.1) is 0 Å². The van der Waals surface area contributed by atoms with Crippen LogP contribution in [0.4, 0.5) is 13.2 Å². The number of rotatable bonds is 5. The lowest BCUT2D eigenvalue weighted by atomic mass is 10.0. The smallest absolute Gasteiger partial charge is 0.352 e. The van der Waals surface area contributed by atoms with Crippen LogP contribution in [0.3, 0.4) is 0 Å². The zero-order chi connectivity index (χ0) is 19.5. The molecular weight excluding hydrogens is 369 g/mol. The van der Waals surface area contributed by atoms with Crippen LogP contribution in [-0.2, 0) is 21.0 Å². The predicted molar refractivity (Wildman–Crippen MR) is 90.9 cm³/mol. The molecule has 0 spiro atoms. The second kappa shape index (κ2) is 7.96. The number of carbonyl (C=O) groups excluding carboxylic acids is 1. The summed E-state index contributed by atoms with van der Waals surface area (Å²) < 4.78 is 64.9. The van der Waals surface area contributed by atoms with Crippen molar-refractivity contribution in [1.29, 1.82) is 0 Å². The summed E-state index contributed by atoms with van der Waals surface area (Å²) in [5.74, 6) is -0.366. The van der Waals surface area contributed by atoms with Gasteiger partial charge < -0.3 is 5.32 Å². The van der Waals surface area contributed by atoms with Gasteiger partial charge in [-0.3, -0.25) is 4.79 Å². The standard InChI is InChI=1S/C17H23F3N2O3S/c1-3-12(2)21-16(23)15-6-4-5-11-22(15)26(24,25)14-9-7-13(8-10-14)17(18,19)20/h7-10,12,15H,3-6,11H2,1-2H3,(H,21,23). The first-order chi connectivity index (χ1) is 12.1. The Kier molecular flexibility index (Phi) is 6.33. The van der Waals surface area contributed by atoms with Crippen molar-refractivity contribution in [1.82, 2.24) is 9.62 Å². The van der Waals surface area contributed by atoms with E-state index in [1.807, 2.05) is 13.8 Å². The van der Waals surface area contributed by atoms with Crippen molar-refractivity contribution in [3.63, 3.8) is 0 Å². The minimum Gasteiger partial charge on any atom is -0.352 e. The van der Waals surface area contributed by atoms with Crippen LogP contribution in [0, 0.1) is 0 Å². The number of carbonyl (C=O) groups is 1. The Balaban J connectivity index is 2.28. The van der Waals surface area contributed by atoms with Gasteiger partial charge in [0, 0.05) is 12.6 Å². The van der Waals surface area contributed by atoms with Crippen molar-refractivity contribution in [2.45, 2.75) is 62.7 Å². The lowest BCUT2D eigenvalue weighted by Gasteiger charge is -2.34. The van der Waals surface area contributed by atoms with Crippen LogP contribution < -0.4 is 5.32 Å². The summed E-state index contributed by atoms with van der Waals surface area (Å²) in [4.78, 5) is 12.2. The quantitative estimate of drug-likeness (QED) is 0.837. The number of hydrogen-bond donors (Lipinski definition) is 1. The molecule has 146 valence electrons. The van der Waals surface area contributed by atoms with E-state index < -0.39 is 27.8 Å². The largest absolute Gasteiger partial charge is 0.416 e. The molecule has 0 saturated carbocycles. The summed E-state index contributed by atoms with van der Waals surface area (Å²) in [7, 11) is -4.06. The van der Waals surface area contributed by atoms with Gasteiger partial charge >= 0.3 is 6.18 Å². The molecule has 0 bridgehead atoms. The summed E-state index contributed by atoms with van der Waals surface area (Å²) in [5.41, 5.74) is -0.916. The Morgan fingerprint density at radius 3 is 2.42 bits per heavy atom. The van der Waals surface area contributed by atoms with E-state index in [9.17, 15) is 26.4 Å². The molecule has 0 aromatic heterocycles.